The first kappa shape index (κ1) is 12.4. The summed E-state index contributed by atoms with van der Waals surface area (Å²) < 4.78 is 7.00. The first-order chi connectivity index (χ1) is 8.18. The molecule has 2 aromatic rings. The van der Waals surface area contributed by atoms with Crippen LogP contribution in [-0.2, 0) is 0 Å². The molecular formula is C14H14INO. The molecule has 0 aromatic heterocycles. The lowest BCUT2D eigenvalue weighted by atomic mass is 10.1. The van der Waals surface area contributed by atoms with Gasteiger partial charge in [0.1, 0.15) is 11.5 Å². The van der Waals surface area contributed by atoms with Gasteiger partial charge in [-0.2, -0.15) is 0 Å². The monoisotopic (exact) mass is 339 g/mol. The summed E-state index contributed by atoms with van der Waals surface area (Å²) >= 11 is 2.26. The Morgan fingerprint density at radius 1 is 1.00 bits per heavy atom. The van der Waals surface area contributed by atoms with Gasteiger partial charge in [-0.1, -0.05) is 30.3 Å². The summed E-state index contributed by atoms with van der Waals surface area (Å²) in [6.45, 7) is 1.96. The highest BCUT2D eigenvalue weighted by molar-refractivity contribution is 14.1. The second-order valence-corrected chi connectivity index (χ2v) is 5.02. The van der Waals surface area contributed by atoms with E-state index in [1.165, 1.54) is 0 Å². The van der Waals surface area contributed by atoms with Crippen LogP contribution in [0.25, 0.3) is 0 Å². The Hall–Kier alpha value is -1.07. The van der Waals surface area contributed by atoms with Crippen molar-refractivity contribution in [2.75, 3.05) is 0 Å². The van der Waals surface area contributed by atoms with E-state index in [4.69, 9.17) is 10.5 Å². The van der Waals surface area contributed by atoms with Crippen molar-refractivity contribution in [1.82, 2.24) is 0 Å². The third-order valence-electron chi connectivity index (χ3n) is 2.47. The smallest absolute Gasteiger partial charge is 0.140 e. The molecule has 0 fully saturated rings. The molecule has 2 nitrogen and oxygen atoms in total. The maximum Gasteiger partial charge on any atom is 0.140 e. The second-order valence-electron chi connectivity index (χ2n) is 3.86. The van der Waals surface area contributed by atoms with E-state index in [-0.39, 0.29) is 6.04 Å². The topological polar surface area (TPSA) is 35.2 Å². The summed E-state index contributed by atoms with van der Waals surface area (Å²) in [5, 5.41) is 0. The van der Waals surface area contributed by atoms with Gasteiger partial charge in [0, 0.05) is 11.6 Å². The van der Waals surface area contributed by atoms with Crippen molar-refractivity contribution >= 4 is 22.6 Å². The molecule has 0 aliphatic carbocycles. The minimum absolute atomic E-state index is 0.0347. The highest BCUT2D eigenvalue weighted by atomic mass is 127. The van der Waals surface area contributed by atoms with Gasteiger partial charge in [-0.25, -0.2) is 0 Å². The summed E-state index contributed by atoms with van der Waals surface area (Å²) in [4.78, 5) is 0. The average Bonchev–Trinajstić information content (AvgIpc) is 2.32. The molecular weight excluding hydrogens is 325 g/mol. The molecule has 0 aliphatic heterocycles. The highest BCUT2D eigenvalue weighted by Crippen LogP contribution is 2.30. The number of hydrogen-bond donors (Lipinski definition) is 1. The van der Waals surface area contributed by atoms with E-state index in [2.05, 4.69) is 22.6 Å². The lowest BCUT2D eigenvalue weighted by molar-refractivity contribution is 0.469. The van der Waals surface area contributed by atoms with Crippen molar-refractivity contribution in [3.63, 3.8) is 0 Å². The zero-order chi connectivity index (χ0) is 12.3. The molecule has 0 saturated heterocycles. The lowest BCUT2D eigenvalue weighted by Gasteiger charge is -2.14. The second kappa shape index (κ2) is 5.51. The Balaban J connectivity index is 2.34. The normalized spacial score (nSPS) is 12.2. The van der Waals surface area contributed by atoms with Crippen LogP contribution in [0, 0.1) is 3.57 Å². The fourth-order valence-corrected chi connectivity index (χ4v) is 2.09. The number of hydrogen-bond acceptors (Lipinski definition) is 2. The Morgan fingerprint density at radius 3 is 2.24 bits per heavy atom. The standard InChI is InChI=1S/C14H14INO/c1-10(16)11-6-2-4-8-13(11)17-14-9-5-3-7-12(14)15/h2-10H,16H2,1H3/t10-/m0/s1. The van der Waals surface area contributed by atoms with E-state index in [0.29, 0.717) is 0 Å². The molecule has 0 heterocycles. The van der Waals surface area contributed by atoms with Gasteiger partial charge in [-0.15, -0.1) is 0 Å². The van der Waals surface area contributed by atoms with Gasteiger partial charge < -0.3 is 10.5 Å². The first-order valence-electron chi connectivity index (χ1n) is 5.45. The van der Waals surface area contributed by atoms with E-state index >= 15 is 0 Å². The van der Waals surface area contributed by atoms with Crippen LogP contribution in [0.1, 0.15) is 18.5 Å². The van der Waals surface area contributed by atoms with Gasteiger partial charge in [0.05, 0.1) is 3.57 Å². The maximum atomic E-state index is 5.92. The van der Waals surface area contributed by atoms with E-state index in [9.17, 15) is 0 Å². The molecule has 88 valence electrons. The van der Waals surface area contributed by atoms with E-state index < -0.39 is 0 Å². The first-order valence-corrected chi connectivity index (χ1v) is 6.53. The van der Waals surface area contributed by atoms with Crippen molar-refractivity contribution in [1.29, 1.82) is 0 Å². The zero-order valence-corrected chi connectivity index (χ0v) is 11.7. The number of benzene rings is 2. The van der Waals surface area contributed by atoms with Crippen LogP contribution < -0.4 is 10.5 Å². The zero-order valence-electron chi connectivity index (χ0n) is 9.56. The molecule has 2 N–H and O–H groups in total. The maximum absolute atomic E-state index is 5.92. The van der Waals surface area contributed by atoms with Crippen LogP contribution in [-0.4, -0.2) is 0 Å². The van der Waals surface area contributed by atoms with Crippen LogP contribution in [0.4, 0.5) is 0 Å². The quantitative estimate of drug-likeness (QED) is 0.855. The van der Waals surface area contributed by atoms with Gasteiger partial charge in [0.2, 0.25) is 0 Å². The van der Waals surface area contributed by atoms with Gasteiger partial charge >= 0.3 is 0 Å². The Labute approximate surface area is 115 Å². The fraction of sp³-hybridized carbons (Fsp3) is 0.143. The number of para-hydroxylation sites is 2. The number of ether oxygens (including phenoxy) is 1. The predicted molar refractivity (Wildman–Crippen MR) is 78.3 cm³/mol. The van der Waals surface area contributed by atoms with Crippen LogP contribution in [0.15, 0.2) is 48.5 Å². The molecule has 0 saturated carbocycles. The third-order valence-corrected chi connectivity index (χ3v) is 3.36. The van der Waals surface area contributed by atoms with Gasteiger partial charge in [0.25, 0.3) is 0 Å². The molecule has 1 atom stereocenters. The van der Waals surface area contributed by atoms with Crippen LogP contribution in [0.2, 0.25) is 0 Å². The summed E-state index contributed by atoms with van der Waals surface area (Å²) in [5.74, 6) is 1.69. The minimum Gasteiger partial charge on any atom is -0.456 e. The minimum atomic E-state index is -0.0347. The molecule has 2 rings (SSSR count). The molecule has 0 bridgehead atoms. The van der Waals surface area contributed by atoms with E-state index in [1.54, 1.807) is 0 Å². The van der Waals surface area contributed by atoms with Crippen molar-refractivity contribution in [3.05, 3.63) is 57.7 Å². The van der Waals surface area contributed by atoms with Crippen LogP contribution in [0.3, 0.4) is 0 Å². The number of halogens is 1. The summed E-state index contributed by atoms with van der Waals surface area (Å²) in [5.41, 5.74) is 6.94. The molecule has 3 heteroatoms. The molecule has 0 spiro atoms. The van der Waals surface area contributed by atoms with Gasteiger partial charge in [-0.3, -0.25) is 0 Å². The van der Waals surface area contributed by atoms with Gasteiger partial charge in [0.15, 0.2) is 0 Å². The molecule has 2 aromatic carbocycles. The van der Waals surface area contributed by atoms with Crippen molar-refractivity contribution in [3.8, 4) is 11.5 Å². The van der Waals surface area contributed by atoms with E-state index in [0.717, 1.165) is 20.6 Å². The largest absolute Gasteiger partial charge is 0.456 e. The fourth-order valence-electron chi connectivity index (χ4n) is 1.60. The highest BCUT2D eigenvalue weighted by Gasteiger charge is 2.09. The average molecular weight is 339 g/mol. The van der Waals surface area contributed by atoms with Crippen LogP contribution >= 0.6 is 22.6 Å². The van der Waals surface area contributed by atoms with E-state index in [1.807, 2.05) is 55.5 Å². The van der Waals surface area contributed by atoms with Gasteiger partial charge in [-0.05, 0) is 47.7 Å². The molecule has 17 heavy (non-hydrogen) atoms. The Kier molecular flexibility index (Phi) is 4.02. The van der Waals surface area contributed by atoms with Crippen molar-refractivity contribution < 1.29 is 4.74 Å². The number of nitrogens with two attached hydrogens (primary N) is 1. The molecule has 0 aliphatic rings. The number of rotatable bonds is 3. The van der Waals surface area contributed by atoms with Crippen LogP contribution in [0.5, 0.6) is 11.5 Å². The van der Waals surface area contributed by atoms with Crippen molar-refractivity contribution in [2.45, 2.75) is 13.0 Å². The summed E-state index contributed by atoms with van der Waals surface area (Å²) in [7, 11) is 0. The molecule has 0 amide bonds. The predicted octanol–water partition coefficient (Wildman–Crippen LogP) is 4.10. The lowest BCUT2D eigenvalue weighted by Crippen LogP contribution is -2.06. The Bertz CT molecular complexity index is 511. The summed E-state index contributed by atoms with van der Waals surface area (Å²) in [6.07, 6.45) is 0. The molecule has 0 radical (unpaired) electrons. The SMILES string of the molecule is C[C@H](N)c1ccccc1Oc1ccccc1I. The third kappa shape index (κ3) is 2.98. The molecule has 0 unspecified atom stereocenters. The Morgan fingerprint density at radius 2 is 1.59 bits per heavy atom. The summed E-state index contributed by atoms with van der Waals surface area (Å²) in [6, 6.07) is 15.8. The van der Waals surface area contributed by atoms with Crippen molar-refractivity contribution in [2.24, 2.45) is 5.73 Å².